The molecule has 9 heteroatoms. The Morgan fingerprint density at radius 3 is 2.46 bits per heavy atom. The van der Waals surface area contributed by atoms with Crippen LogP contribution in [0.25, 0.3) is 0 Å². The van der Waals surface area contributed by atoms with Crippen molar-refractivity contribution in [1.82, 2.24) is 5.32 Å². The number of amides is 1. The van der Waals surface area contributed by atoms with Crippen molar-refractivity contribution >= 4 is 52.3 Å². The smallest absolute Gasteiger partial charge is 0.325 e. The highest BCUT2D eigenvalue weighted by molar-refractivity contribution is 7.75. The first kappa shape index (κ1) is 13.2. The Kier molecular flexibility index (Phi) is 5.98. The van der Waals surface area contributed by atoms with E-state index in [0.717, 1.165) is 0 Å². The number of nitrogens with one attached hydrogen (secondary N) is 1. The standard InChI is InChI=1S/C4H6Cl3NO4S/c1-8-3(9)12-13(10)11-2-4(5,6)7/h2H2,1H3,(H,8,9). The number of carbonyl (C=O) groups excluding carboxylic acids is 1. The van der Waals surface area contributed by atoms with Gasteiger partial charge in [0, 0.05) is 7.05 Å². The zero-order valence-electron chi connectivity index (χ0n) is 6.38. The zero-order valence-corrected chi connectivity index (χ0v) is 9.47. The molecule has 5 nitrogen and oxygen atoms in total. The van der Waals surface area contributed by atoms with Crippen LogP contribution in [0.2, 0.25) is 0 Å². The lowest BCUT2D eigenvalue weighted by molar-refractivity contribution is 0.197. The van der Waals surface area contributed by atoms with E-state index in [0.29, 0.717) is 0 Å². The summed E-state index contributed by atoms with van der Waals surface area (Å²) in [6.07, 6.45) is -0.900. The molecule has 0 bridgehead atoms. The highest BCUT2D eigenvalue weighted by atomic mass is 35.6. The first-order valence-corrected chi connectivity index (χ1v) is 5.00. The van der Waals surface area contributed by atoms with Crippen LogP contribution in [0.1, 0.15) is 0 Å². The summed E-state index contributed by atoms with van der Waals surface area (Å²) in [5.41, 5.74) is 0. The van der Waals surface area contributed by atoms with Crippen molar-refractivity contribution < 1.29 is 17.4 Å². The number of hydrogen-bond acceptors (Lipinski definition) is 4. The van der Waals surface area contributed by atoms with E-state index in [2.05, 4.69) is 13.7 Å². The van der Waals surface area contributed by atoms with Crippen LogP contribution in [-0.4, -0.2) is 27.7 Å². The Balaban J connectivity index is 3.70. The van der Waals surface area contributed by atoms with Crippen LogP contribution in [0.4, 0.5) is 4.79 Å². The molecular formula is C4H6Cl3NO4S. The van der Waals surface area contributed by atoms with Crippen molar-refractivity contribution in [3.05, 3.63) is 0 Å². The van der Waals surface area contributed by atoms with Gasteiger partial charge in [-0.1, -0.05) is 34.8 Å². The minimum atomic E-state index is -2.26. The van der Waals surface area contributed by atoms with E-state index in [1.807, 2.05) is 0 Å². The highest BCUT2D eigenvalue weighted by Crippen LogP contribution is 2.26. The van der Waals surface area contributed by atoms with Crippen molar-refractivity contribution in [3.8, 4) is 0 Å². The molecule has 1 N–H and O–H groups in total. The van der Waals surface area contributed by atoms with Gasteiger partial charge in [0.25, 0.3) is 0 Å². The molecule has 0 fully saturated rings. The van der Waals surface area contributed by atoms with Crippen molar-refractivity contribution in [2.45, 2.75) is 3.79 Å². The summed E-state index contributed by atoms with van der Waals surface area (Å²) in [5, 5.41) is 2.06. The maximum atomic E-state index is 10.7. The van der Waals surface area contributed by atoms with Gasteiger partial charge in [-0.15, -0.1) is 0 Å². The highest BCUT2D eigenvalue weighted by Gasteiger charge is 2.22. The molecular weight excluding hydrogens is 264 g/mol. The van der Waals surface area contributed by atoms with Gasteiger partial charge in [-0.05, 0) is 0 Å². The second-order valence-corrected chi connectivity index (χ2v) is 5.03. The Labute approximate surface area is 92.5 Å². The molecule has 78 valence electrons. The van der Waals surface area contributed by atoms with Gasteiger partial charge in [-0.2, -0.15) is 4.21 Å². The second kappa shape index (κ2) is 5.87. The van der Waals surface area contributed by atoms with Gasteiger partial charge in [-0.25, -0.2) is 4.79 Å². The Bertz CT molecular complexity index is 206. The molecule has 0 aromatic rings. The Hall–Kier alpha value is 0.250. The van der Waals surface area contributed by atoms with Crippen molar-refractivity contribution in [3.63, 3.8) is 0 Å². The maximum absolute atomic E-state index is 10.7. The SMILES string of the molecule is CNC(=O)OS(=O)OCC(Cl)(Cl)Cl. The fourth-order valence-corrected chi connectivity index (χ4v) is 1.13. The molecule has 0 aromatic heterocycles. The lowest BCUT2D eigenvalue weighted by Crippen LogP contribution is -2.23. The molecule has 0 heterocycles. The molecule has 0 saturated heterocycles. The third-order valence-corrected chi connectivity index (χ3v) is 1.59. The Morgan fingerprint density at radius 1 is 1.54 bits per heavy atom. The molecule has 0 aliphatic carbocycles. The van der Waals surface area contributed by atoms with E-state index in [4.69, 9.17) is 34.8 Å². The van der Waals surface area contributed by atoms with Crippen LogP contribution >= 0.6 is 34.8 Å². The molecule has 0 aliphatic heterocycles. The summed E-state index contributed by atoms with van der Waals surface area (Å²) in [7, 11) is 1.30. The van der Waals surface area contributed by atoms with Gasteiger partial charge in [0.2, 0.25) is 3.79 Å². The summed E-state index contributed by atoms with van der Waals surface area (Å²) in [6, 6.07) is 0. The van der Waals surface area contributed by atoms with Gasteiger partial charge in [0.05, 0.1) is 0 Å². The first-order valence-electron chi connectivity index (χ1n) is 2.87. The van der Waals surface area contributed by atoms with Gasteiger partial charge in [-0.3, -0.25) is 4.18 Å². The summed E-state index contributed by atoms with van der Waals surface area (Å²) in [6.45, 7) is -0.443. The van der Waals surface area contributed by atoms with Crippen molar-refractivity contribution in [2.24, 2.45) is 0 Å². The van der Waals surface area contributed by atoms with Crippen molar-refractivity contribution in [2.75, 3.05) is 13.7 Å². The van der Waals surface area contributed by atoms with E-state index in [1.54, 1.807) is 0 Å². The average molecular weight is 271 g/mol. The van der Waals surface area contributed by atoms with Crippen LogP contribution in [0.3, 0.4) is 0 Å². The third-order valence-electron chi connectivity index (χ3n) is 0.667. The first-order chi connectivity index (χ1) is 5.85. The maximum Gasteiger partial charge on any atom is 0.422 e. The quantitative estimate of drug-likeness (QED) is 0.785. The molecule has 0 aliphatic rings. The van der Waals surface area contributed by atoms with E-state index >= 15 is 0 Å². The average Bonchev–Trinajstić information content (AvgIpc) is 1.99. The van der Waals surface area contributed by atoms with Crippen LogP contribution < -0.4 is 5.32 Å². The molecule has 0 saturated carbocycles. The second-order valence-electron chi connectivity index (χ2n) is 1.70. The van der Waals surface area contributed by atoms with E-state index in [9.17, 15) is 9.00 Å². The minimum Gasteiger partial charge on any atom is -0.325 e. The van der Waals surface area contributed by atoms with E-state index < -0.39 is 27.9 Å². The summed E-state index contributed by atoms with van der Waals surface area (Å²) in [5.74, 6) is 0. The fraction of sp³-hybridized carbons (Fsp3) is 0.750. The zero-order chi connectivity index (χ0) is 10.5. The monoisotopic (exact) mass is 269 g/mol. The number of carbonyl (C=O) groups is 1. The van der Waals surface area contributed by atoms with Gasteiger partial charge >= 0.3 is 17.5 Å². The lowest BCUT2D eigenvalue weighted by atomic mass is 10.9. The number of alkyl halides is 3. The summed E-state index contributed by atoms with van der Waals surface area (Å²) >= 11 is 13.5. The normalized spacial score (nSPS) is 13.5. The summed E-state index contributed by atoms with van der Waals surface area (Å²) < 4.78 is 17.5. The number of rotatable bonds is 3. The predicted molar refractivity (Wildman–Crippen MR) is 49.9 cm³/mol. The molecule has 13 heavy (non-hydrogen) atoms. The molecule has 1 amide bonds. The molecule has 1 unspecified atom stereocenters. The van der Waals surface area contributed by atoms with Crippen LogP contribution in [-0.2, 0) is 19.7 Å². The summed E-state index contributed by atoms with van der Waals surface area (Å²) in [4.78, 5) is 10.4. The lowest BCUT2D eigenvalue weighted by Gasteiger charge is -2.09. The van der Waals surface area contributed by atoms with Gasteiger partial charge in [0.15, 0.2) is 0 Å². The number of hydrogen-bond donors (Lipinski definition) is 1. The topological polar surface area (TPSA) is 64.6 Å². The third kappa shape index (κ3) is 8.58. The molecule has 1 atom stereocenters. The van der Waals surface area contributed by atoms with Gasteiger partial charge < -0.3 is 9.50 Å². The van der Waals surface area contributed by atoms with Crippen molar-refractivity contribution in [1.29, 1.82) is 0 Å². The molecule has 0 aromatic carbocycles. The van der Waals surface area contributed by atoms with E-state index in [1.165, 1.54) is 7.05 Å². The van der Waals surface area contributed by atoms with Crippen LogP contribution in [0.5, 0.6) is 0 Å². The number of halogens is 3. The van der Waals surface area contributed by atoms with Crippen LogP contribution in [0, 0.1) is 0 Å². The molecule has 0 spiro atoms. The molecule has 0 rings (SSSR count). The Morgan fingerprint density at radius 2 is 2.08 bits per heavy atom. The minimum absolute atomic E-state index is 0.443. The largest absolute Gasteiger partial charge is 0.422 e. The van der Waals surface area contributed by atoms with Gasteiger partial charge in [0.1, 0.15) is 6.61 Å². The molecule has 0 radical (unpaired) electrons. The van der Waals surface area contributed by atoms with Crippen LogP contribution in [0.15, 0.2) is 0 Å². The van der Waals surface area contributed by atoms with E-state index in [-0.39, 0.29) is 0 Å². The predicted octanol–water partition coefficient (Wildman–Crippen LogP) is 1.31. The fourth-order valence-electron chi connectivity index (χ4n) is 0.242.